The van der Waals surface area contributed by atoms with E-state index in [0.717, 1.165) is 12.8 Å². The van der Waals surface area contributed by atoms with Crippen molar-refractivity contribution in [2.24, 2.45) is 5.73 Å². The van der Waals surface area contributed by atoms with Gasteiger partial charge in [-0.05, 0) is 37.1 Å². The van der Waals surface area contributed by atoms with Crippen molar-refractivity contribution in [3.05, 3.63) is 53.4 Å². The second kappa shape index (κ2) is 8.34. The van der Waals surface area contributed by atoms with Crippen molar-refractivity contribution in [1.82, 2.24) is 24.9 Å². The Kier molecular flexibility index (Phi) is 5.45. The van der Waals surface area contributed by atoms with Crippen molar-refractivity contribution < 1.29 is 13.9 Å². The van der Waals surface area contributed by atoms with Crippen molar-refractivity contribution in [2.75, 3.05) is 13.1 Å². The van der Waals surface area contributed by atoms with E-state index < -0.39 is 0 Å². The Morgan fingerprint density at radius 2 is 2.17 bits per heavy atom. The third kappa shape index (κ3) is 4.16. The molecular weight excluding hydrogens is 386 g/mol. The molecular formula is C20H21N7O3. The van der Waals surface area contributed by atoms with E-state index in [9.17, 15) is 4.79 Å². The summed E-state index contributed by atoms with van der Waals surface area (Å²) < 4.78 is 12.7. The molecule has 0 radical (unpaired) electrons. The zero-order chi connectivity index (χ0) is 21.1. The van der Waals surface area contributed by atoms with Crippen molar-refractivity contribution in [1.29, 1.82) is 5.26 Å². The molecule has 0 bridgehead atoms. The third-order valence-corrected chi connectivity index (χ3v) is 4.79. The summed E-state index contributed by atoms with van der Waals surface area (Å²) in [6.07, 6.45) is 1.77. The number of aromatic nitrogens is 4. The van der Waals surface area contributed by atoms with E-state index in [-0.39, 0.29) is 24.2 Å². The number of nitrogens with zero attached hydrogens (tertiary/aromatic N) is 6. The molecule has 1 aliphatic heterocycles. The van der Waals surface area contributed by atoms with E-state index in [1.165, 1.54) is 4.68 Å². The van der Waals surface area contributed by atoms with Gasteiger partial charge in [-0.3, -0.25) is 4.79 Å². The van der Waals surface area contributed by atoms with Crippen LogP contribution in [0.4, 0.5) is 0 Å². The lowest BCUT2D eigenvalue weighted by Crippen LogP contribution is -2.45. The summed E-state index contributed by atoms with van der Waals surface area (Å²) in [4.78, 5) is 14.7. The first kappa shape index (κ1) is 19.6. The first-order valence-corrected chi connectivity index (χ1v) is 9.60. The van der Waals surface area contributed by atoms with E-state index in [4.69, 9.17) is 20.1 Å². The topological polar surface area (TPSA) is 136 Å². The number of hydrogen-bond acceptors (Lipinski definition) is 8. The molecule has 1 aliphatic rings. The van der Waals surface area contributed by atoms with Crippen LogP contribution in [0.2, 0.25) is 0 Å². The average molecular weight is 407 g/mol. The molecule has 4 rings (SSSR count). The Morgan fingerprint density at radius 1 is 1.37 bits per heavy atom. The first-order chi connectivity index (χ1) is 14.5. The van der Waals surface area contributed by atoms with Crippen molar-refractivity contribution in [3.63, 3.8) is 0 Å². The van der Waals surface area contributed by atoms with Gasteiger partial charge in [-0.2, -0.15) is 10.4 Å². The molecule has 0 aliphatic carbocycles. The normalized spacial score (nSPS) is 16.3. The van der Waals surface area contributed by atoms with Gasteiger partial charge < -0.3 is 19.8 Å². The highest BCUT2D eigenvalue weighted by atomic mass is 16.5. The number of rotatable bonds is 5. The van der Waals surface area contributed by atoms with Crippen LogP contribution in [0.1, 0.15) is 40.7 Å². The van der Waals surface area contributed by atoms with Crippen LogP contribution in [0, 0.1) is 18.3 Å². The summed E-state index contributed by atoms with van der Waals surface area (Å²) >= 11 is 0. The van der Waals surface area contributed by atoms with Crippen molar-refractivity contribution >= 4 is 5.91 Å². The van der Waals surface area contributed by atoms with Crippen LogP contribution in [-0.2, 0) is 6.61 Å². The van der Waals surface area contributed by atoms with E-state index >= 15 is 0 Å². The molecule has 2 aromatic heterocycles. The number of aryl methyl sites for hydroxylation is 1. The number of nitriles is 1. The molecule has 1 saturated heterocycles. The highest BCUT2D eigenvalue weighted by Crippen LogP contribution is 2.23. The Balaban J connectivity index is 1.63. The summed E-state index contributed by atoms with van der Waals surface area (Å²) in [5.41, 5.74) is 7.44. The molecule has 3 heterocycles. The Hall–Kier alpha value is -3.71. The molecule has 10 nitrogen and oxygen atoms in total. The number of carbonyl (C=O) groups is 1. The van der Waals surface area contributed by atoms with Gasteiger partial charge in [0.1, 0.15) is 0 Å². The van der Waals surface area contributed by atoms with Crippen LogP contribution in [0.5, 0.6) is 5.88 Å². The number of piperidine rings is 1. The fourth-order valence-corrected chi connectivity index (χ4v) is 3.32. The van der Waals surface area contributed by atoms with E-state index in [2.05, 4.69) is 21.4 Å². The number of carbonyl (C=O) groups excluding carboxylic acids is 1. The number of nitrogens with two attached hydrogens (primary N) is 1. The van der Waals surface area contributed by atoms with Crippen LogP contribution < -0.4 is 10.5 Å². The number of hydrogen-bond donors (Lipinski definition) is 1. The highest BCUT2D eigenvalue weighted by molar-refractivity contribution is 5.92. The zero-order valence-electron chi connectivity index (χ0n) is 16.5. The van der Waals surface area contributed by atoms with Gasteiger partial charge in [-0.15, -0.1) is 10.2 Å². The summed E-state index contributed by atoms with van der Waals surface area (Å²) in [6, 6.07) is 10.5. The van der Waals surface area contributed by atoms with Gasteiger partial charge in [0.15, 0.2) is 12.3 Å². The van der Waals surface area contributed by atoms with Gasteiger partial charge in [-0.1, -0.05) is 0 Å². The molecule has 0 saturated carbocycles. The monoisotopic (exact) mass is 407 g/mol. The predicted octanol–water partition coefficient (Wildman–Crippen LogP) is 1.58. The Labute approximate surface area is 172 Å². The van der Waals surface area contributed by atoms with Gasteiger partial charge in [0.2, 0.25) is 11.8 Å². The maximum atomic E-state index is 13.0. The van der Waals surface area contributed by atoms with Gasteiger partial charge in [0.05, 0.1) is 17.3 Å². The third-order valence-electron chi connectivity index (χ3n) is 4.79. The summed E-state index contributed by atoms with van der Waals surface area (Å²) in [7, 11) is 0. The molecule has 0 unspecified atom stereocenters. The Bertz CT molecular complexity index is 1080. The van der Waals surface area contributed by atoms with Crippen molar-refractivity contribution in [3.8, 4) is 17.6 Å². The van der Waals surface area contributed by atoms with E-state index in [1.54, 1.807) is 42.2 Å². The van der Waals surface area contributed by atoms with Gasteiger partial charge in [-0.25, -0.2) is 4.68 Å². The van der Waals surface area contributed by atoms with Crippen LogP contribution in [0.15, 0.2) is 34.7 Å². The number of ether oxygens (including phenoxy) is 1. The number of benzene rings is 1. The molecule has 1 fully saturated rings. The fourth-order valence-electron chi connectivity index (χ4n) is 3.32. The minimum absolute atomic E-state index is 0.0280. The maximum Gasteiger partial charge on any atom is 0.274 e. The lowest BCUT2D eigenvalue weighted by Gasteiger charge is -2.30. The van der Waals surface area contributed by atoms with Crippen molar-refractivity contribution in [2.45, 2.75) is 32.4 Å². The second-order valence-electron chi connectivity index (χ2n) is 7.10. The maximum absolute atomic E-state index is 13.0. The van der Waals surface area contributed by atoms with Gasteiger partial charge in [0.25, 0.3) is 11.8 Å². The zero-order valence-corrected chi connectivity index (χ0v) is 16.5. The van der Waals surface area contributed by atoms with Gasteiger partial charge in [0, 0.05) is 32.1 Å². The summed E-state index contributed by atoms with van der Waals surface area (Å²) in [5.74, 6) is 0.901. The fraction of sp³-hybridized carbons (Fsp3) is 0.350. The molecule has 2 N–H and O–H groups in total. The molecule has 154 valence electrons. The largest absolute Gasteiger partial charge is 0.467 e. The SMILES string of the molecule is Cc1nnc(COc2cc(C(=O)N3CCC[C@@H](N)C3)nn2-c2ccc(C#N)cc2)o1. The average Bonchev–Trinajstić information content (AvgIpc) is 3.38. The summed E-state index contributed by atoms with van der Waals surface area (Å²) in [5, 5.41) is 21.2. The summed E-state index contributed by atoms with van der Waals surface area (Å²) in [6.45, 7) is 2.87. The molecule has 10 heteroatoms. The number of likely N-dealkylation sites (tertiary alicyclic amines) is 1. The molecule has 1 amide bonds. The van der Waals surface area contributed by atoms with E-state index in [0.29, 0.717) is 42.0 Å². The standard InChI is InChI=1S/C20H21N7O3/c1-13-23-24-18(30-13)12-29-19-9-17(20(28)26-8-2-3-15(22)11-26)25-27(19)16-6-4-14(10-21)5-7-16/h4-7,9,15H,2-3,8,11-12,22H2,1H3/t15-/m1/s1. The minimum Gasteiger partial charge on any atom is -0.467 e. The Morgan fingerprint density at radius 3 is 2.83 bits per heavy atom. The van der Waals surface area contributed by atoms with Crippen LogP contribution in [-0.4, -0.2) is 49.9 Å². The predicted molar refractivity (Wildman–Crippen MR) is 105 cm³/mol. The minimum atomic E-state index is -0.198. The molecule has 1 aromatic carbocycles. The second-order valence-corrected chi connectivity index (χ2v) is 7.10. The van der Waals surface area contributed by atoms with Crippen LogP contribution in [0.25, 0.3) is 5.69 Å². The molecule has 30 heavy (non-hydrogen) atoms. The lowest BCUT2D eigenvalue weighted by atomic mass is 10.1. The van der Waals surface area contributed by atoms with Crippen LogP contribution in [0.3, 0.4) is 0 Å². The van der Waals surface area contributed by atoms with E-state index in [1.807, 2.05) is 0 Å². The van der Waals surface area contributed by atoms with Crippen LogP contribution >= 0.6 is 0 Å². The lowest BCUT2D eigenvalue weighted by molar-refractivity contribution is 0.0702. The van der Waals surface area contributed by atoms with Gasteiger partial charge >= 0.3 is 0 Å². The quantitative estimate of drug-likeness (QED) is 0.673. The molecule has 3 aromatic rings. The highest BCUT2D eigenvalue weighted by Gasteiger charge is 2.26. The molecule has 1 atom stereocenters. The smallest absolute Gasteiger partial charge is 0.274 e. The molecule has 0 spiro atoms. The number of amides is 1. The first-order valence-electron chi connectivity index (χ1n) is 9.60.